The number of carbonyl (C=O) groups is 2. The number of benzene rings is 2. The largest absolute Gasteiger partial charge is 0.573 e. The number of alkyl halides is 3. The molecule has 0 saturated heterocycles. The number of urea groups is 1. The lowest BCUT2D eigenvalue weighted by Crippen LogP contribution is -2.28. The lowest BCUT2D eigenvalue weighted by Gasteiger charge is -2.15. The second-order valence-electron chi connectivity index (χ2n) is 5.83. The van der Waals surface area contributed by atoms with Crippen LogP contribution in [0.4, 0.5) is 29.3 Å². The van der Waals surface area contributed by atoms with Gasteiger partial charge in [0.1, 0.15) is 5.75 Å². The fraction of sp³-hybridized carbons (Fsp3) is 0.222. The third kappa shape index (κ3) is 7.73. The average Bonchev–Trinajstić information content (AvgIpc) is 2.59. The number of aliphatic hydroxyl groups excluding tert-OH is 1. The van der Waals surface area contributed by atoms with Crippen molar-refractivity contribution in [1.29, 1.82) is 0 Å². The van der Waals surface area contributed by atoms with Crippen molar-refractivity contribution in [3.63, 3.8) is 0 Å². The molecule has 0 aliphatic rings. The SMILES string of the molecule is O=C(Nc1cc(Cl)cc(Br)c1)Nc1cc(OC(F)(F)F)ccc1C(=O)NCCCO. The summed E-state index contributed by atoms with van der Waals surface area (Å²) in [6.07, 6.45) is -4.66. The Morgan fingerprint density at radius 2 is 1.87 bits per heavy atom. The highest BCUT2D eigenvalue weighted by Crippen LogP contribution is 2.28. The molecule has 0 radical (unpaired) electrons. The highest BCUT2D eigenvalue weighted by molar-refractivity contribution is 9.10. The fourth-order valence-corrected chi connectivity index (χ4v) is 3.17. The maximum Gasteiger partial charge on any atom is 0.573 e. The Balaban J connectivity index is 2.25. The van der Waals surface area contributed by atoms with Crippen LogP contribution in [0.5, 0.6) is 5.75 Å². The van der Waals surface area contributed by atoms with Crippen molar-refractivity contribution in [2.75, 3.05) is 23.8 Å². The molecule has 0 heterocycles. The summed E-state index contributed by atoms with van der Waals surface area (Å²) in [6.45, 7) is -0.0142. The molecule has 0 aliphatic heterocycles. The molecule has 0 bridgehead atoms. The van der Waals surface area contributed by atoms with Crippen LogP contribution in [-0.4, -0.2) is 36.6 Å². The molecule has 7 nitrogen and oxygen atoms in total. The van der Waals surface area contributed by atoms with Crippen molar-refractivity contribution in [3.05, 3.63) is 51.5 Å². The van der Waals surface area contributed by atoms with Gasteiger partial charge in [0.25, 0.3) is 5.91 Å². The van der Waals surface area contributed by atoms with Crippen molar-refractivity contribution < 1.29 is 32.6 Å². The number of halogens is 5. The molecule has 162 valence electrons. The molecule has 2 aromatic carbocycles. The fourth-order valence-electron chi connectivity index (χ4n) is 2.31. The minimum atomic E-state index is -4.95. The van der Waals surface area contributed by atoms with Gasteiger partial charge in [-0.3, -0.25) is 4.79 Å². The molecule has 0 spiro atoms. The Morgan fingerprint density at radius 1 is 1.13 bits per heavy atom. The number of hydrogen-bond donors (Lipinski definition) is 4. The molecule has 0 aliphatic carbocycles. The van der Waals surface area contributed by atoms with Gasteiger partial charge >= 0.3 is 12.4 Å². The predicted octanol–water partition coefficient (Wildman–Crippen LogP) is 4.76. The number of ether oxygens (including phenoxy) is 1. The van der Waals surface area contributed by atoms with Gasteiger partial charge in [-0.2, -0.15) is 0 Å². The van der Waals surface area contributed by atoms with Gasteiger partial charge in [-0.05, 0) is 36.8 Å². The predicted molar refractivity (Wildman–Crippen MR) is 109 cm³/mol. The van der Waals surface area contributed by atoms with E-state index in [-0.39, 0.29) is 30.8 Å². The van der Waals surface area contributed by atoms with Crippen LogP contribution in [0.2, 0.25) is 5.02 Å². The number of nitrogens with one attached hydrogen (secondary N) is 3. The number of anilines is 2. The monoisotopic (exact) mass is 509 g/mol. The summed E-state index contributed by atoms with van der Waals surface area (Å²) in [5.74, 6) is -1.27. The van der Waals surface area contributed by atoms with E-state index in [1.54, 1.807) is 12.1 Å². The molecule has 0 atom stereocenters. The van der Waals surface area contributed by atoms with E-state index < -0.39 is 24.1 Å². The highest BCUT2D eigenvalue weighted by Gasteiger charge is 2.31. The quantitative estimate of drug-likeness (QED) is 0.404. The second-order valence-corrected chi connectivity index (χ2v) is 7.18. The van der Waals surface area contributed by atoms with Crippen molar-refractivity contribution in [3.8, 4) is 5.75 Å². The molecule has 0 aromatic heterocycles. The number of rotatable bonds is 7. The maximum atomic E-state index is 12.5. The Labute approximate surface area is 182 Å². The normalized spacial score (nSPS) is 11.0. The first-order valence-electron chi connectivity index (χ1n) is 8.40. The van der Waals surface area contributed by atoms with Crippen molar-refractivity contribution in [2.24, 2.45) is 0 Å². The molecule has 0 saturated carbocycles. The van der Waals surface area contributed by atoms with Gasteiger partial charge in [0.05, 0.1) is 11.3 Å². The lowest BCUT2D eigenvalue weighted by atomic mass is 10.1. The third-order valence-corrected chi connectivity index (χ3v) is 4.13. The van der Waals surface area contributed by atoms with E-state index in [0.29, 0.717) is 15.2 Å². The second kappa shape index (κ2) is 10.5. The number of hydrogen-bond acceptors (Lipinski definition) is 4. The van der Waals surface area contributed by atoms with E-state index in [1.165, 1.54) is 6.07 Å². The zero-order valence-electron chi connectivity index (χ0n) is 15.1. The molecule has 2 rings (SSSR count). The summed E-state index contributed by atoms with van der Waals surface area (Å²) < 4.78 is 42.0. The molecule has 0 unspecified atom stereocenters. The lowest BCUT2D eigenvalue weighted by molar-refractivity contribution is -0.274. The zero-order chi connectivity index (χ0) is 22.3. The summed E-state index contributed by atoms with van der Waals surface area (Å²) in [4.78, 5) is 24.6. The van der Waals surface area contributed by atoms with Crippen LogP contribution in [0.15, 0.2) is 40.9 Å². The molecular formula is C18H16BrClF3N3O4. The molecule has 0 fully saturated rings. The van der Waals surface area contributed by atoms with E-state index in [2.05, 4.69) is 36.6 Å². The number of amides is 3. The first-order chi connectivity index (χ1) is 14.1. The minimum absolute atomic E-state index is 0.0927. The summed E-state index contributed by atoms with van der Waals surface area (Å²) in [5.41, 5.74) is 0.00486. The van der Waals surface area contributed by atoms with Crippen molar-refractivity contribution in [1.82, 2.24) is 5.32 Å². The van der Waals surface area contributed by atoms with Gasteiger partial charge in [-0.1, -0.05) is 27.5 Å². The molecule has 30 heavy (non-hydrogen) atoms. The van der Waals surface area contributed by atoms with Gasteiger partial charge in [-0.25, -0.2) is 4.79 Å². The van der Waals surface area contributed by atoms with E-state index >= 15 is 0 Å². The van der Waals surface area contributed by atoms with Crippen molar-refractivity contribution in [2.45, 2.75) is 12.8 Å². The van der Waals surface area contributed by atoms with E-state index in [4.69, 9.17) is 16.7 Å². The summed E-state index contributed by atoms with van der Waals surface area (Å²) >= 11 is 9.13. The van der Waals surface area contributed by atoms with Crippen LogP contribution in [0.1, 0.15) is 16.8 Å². The van der Waals surface area contributed by atoms with Gasteiger partial charge in [0, 0.05) is 34.4 Å². The minimum Gasteiger partial charge on any atom is -0.406 e. The Hall–Kier alpha value is -2.50. The topological polar surface area (TPSA) is 99.7 Å². The molecule has 12 heteroatoms. The number of aliphatic hydroxyl groups is 1. The van der Waals surface area contributed by atoms with Crippen molar-refractivity contribution >= 4 is 50.8 Å². The van der Waals surface area contributed by atoms with Crippen LogP contribution < -0.4 is 20.7 Å². The van der Waals surface area contributed by atoms with Gasteiger partial charge in [0.15, 0.2) is 0 Å². The van der Waals surface area contributed by atoms with Crippen LogP contribution in [0.3, 0.4) is 0 Å². The smallest absolute Gasteiger partial charge is 0.406 e. The highest BCUT2D eigenvalue weighted by atomic mass is 79.9. The van der Waals surface area contributed by atoms with Crippen LogP contribution in [0.25, 0.3) is 0 Å². The Kier molecular flexibility index (Phi) is 8.33. The molecule has 2 aromatic rings. The molecule has 3 amide bonds. The molecule has 4 N–H and O–H groups in total. The molecular weight excluding hydrogens is 495 g/mol. The first kappa shape index (κ1) is 23.8. The van der Waals surface area contributed by atoms with E-state index in [0.717, 1.165) is 18.2 Å². The zero-order valence-corrected chi connectivity index (χ0v) is 17.5. The summed E-state index contributed by atoms with van der Waals surface area (Å²) in [7, 11) is 0. The van der Waals surface area contributed by atoms with Gasteiger partial charge in [0.2, 0.25) is 0 Å². The summed E-state index contributed by atoms with van der Waals surface area (Å²) in [6, 6.07) is 6.69. The Morgan fingerprint density at radius 3 is 2.50 bits per heavy atom. The van der Waals surface area contributed by atoms with E-state index in [1.807, 2.05) is 0 Å². The Bertz CT molecular complexity index is 908. The maximum absolute atomic E-state index is 12.5. The van der Waals surface area contributed by atoms with Gasteiger partial charge < -0.3 is 25.8 Å². The standard InChI is InChI=1S/C18H16BrClF3N3O4/c19-10-6-11(20)8-12(7-10)25-17(29)26-15-9-13(30-18(21,22)23)2-3-14(15)16(28)24-4-1-5-27/h2-3,6-9,27H,1,4-5H2,(H,24,28)(H2,25,26,29). The van der Waals surface area contributed by atoms with Gasteiger partial charge in [-0.15, -0.1) is 13.2 Å². The first-order valence-corrected chi connectivity index (χ1v) is 9.57. The van der Waals surface area contributed by atoms with Crippen LogP contribution in [-0.2, 0) is 0 Å². The van der Waals surface area contributed by atoms with E-state index in [9.17, 15) is 22.8 Å². The van der Waals surface area contributed by atoms with Crippen LogP contribution >= 0.6 is 27.5 Å². The summed E-state index contributed by atoms with van der Waals surface area (Å²) in [5, 5.41) is 16.4. The van der Waals surface area contributed by atoms with Crippen LogP contribution in [0, 0.1) is 0 Å². The number of carbonyl (C=O) groups excluding carboxylic acids is 2. The average molecular weight is 511 g/mol. The third-order valence-electron chi connectivity index (χ3n) is 3.46.